The monoisotopic (exact) mass is 539 g/mol. The van der Waals surface area contributed by atoms with Gasteiger partial charge in [-0.15, -0.1) is 11.3 Å². The molecule has 1 unspecified atom stereocenters. The highest BCUT2D eigenvalue weighted by atomic mass is 32.1. The Morgan fingerprint density at radius 1 is 1.13 bits per heavy atom. The number of benzene rings is 2. The molecule has 39 heavy (non-hydrogen) atoms. The third kappa shape index (κ3) is 5.04. The molecule has 0 bridgehead atoms. The summed E-state index contributed by atoms with van der Waals surface area (Å²) in [6.07, 6.45) is 8.68. The Morgan fingerprint density at radius 2 is 1.97 bits per heavy atom. The van der Waals surface area contributed by atoms with Gasteiger partial charge >= 0.3 is 0 Å². The van der Waals surface area contributed by atoms with Crippen LogP contribution < -0.4 is 4.90 Å². The number of aromatic nitrogens is 1. The molecule has 0 N–H and O–H groups in total. The van der Waals surface area contributed by atoms with Gasteiger partial charge < -0.3 is 9.32 Å². The summed E-state index contributed by atoms with van der Waals surface area (Å²) >= 11 is 1.61. The first-order valence-electron chi connectivity index (χ1n) is 13.3. The largest absolute Gasteiger partial charge is 0.459 e. The summed E-state index contributed by atoms with van der Waals surface area (Å²) in [5.41, 5.74) is 4.84. The minimum absolute atomic E-state index is 0.0523. The van der Waals surface area contributed by atoms with Crippen molar-refractivity contribution in [2.75, 3.05) is 11.4 Å². The zero-order valence-corrected chi connectivity index (χ0v) is 22.6. The van der Waals surface area contributed by atoms with Gasteiger partial charge in [0.15, 0.2) is 5.76 Å². The minimum atomic E-state index is -0.869. The van der Waals surface area contributed by atoms with Gasteiger partial charge in [-0.05, 0) is 93.1 Å². The number of amides is 3. The number of imide groups is 1. The normalized spacial score (nSPS) is 17.6. The van der Waals surface area contributed by atoms with Gasteiger partial charge in [-0.25, -0.2) is 9.88 Å². The topological polar surface area (TPSA) is 83.7 Å². The fourth-order valence-electron chi connectivity index (χ4n) is 5.38. The number of nitrogens with zero attached hydrogens (tertiary/aromatic N) is 3. The van der Waals surface area contributed by atoms with E-state index in [-0.39, 0.29) is 29.9 Å². The van der Waals surface area contributed by atoms with E-state index in [1.54, 1.807) is 35.6 Å². The Labute approximate surface area is 230 Å². The summed E-state index contributed by atoms with van der Waals surface area (Å²) in [6, 6.07) is 15.9. The predicted octanol–water partition coefficient (Wildman–Crippen LogP) is 6.53. The maximum Gasteiger partial charge on any atom is 0.290 e. The summed E-state index contributed by atoms with van der Waals surface area (Å²) in [7, 11) is 0. The SMILES string of the molecule is Cc1ccc2nc(-c3ccc(N4C(=O)CC(N(CCC5=CCCCC5)C(=O)c5ccco5)C4=O)cc3)sc2c1. The molecule has 198 valence electrons. The van der Waals surface area contributed by atoms with Crippen molar-refractivity contribution in [2.24, 2.45) is 0 Å². The molecule has 2 aromatic heterocycles. The molecular weight excluding hydrogens is 510 g/mol. The molecule has 0 spiro atoms. The molecule has 6 rings (SSSR count). The summed E-state index contributed by atoms with van der Waals surface area (Å²) in [6.45, 7) is 2.42. The first-order chi connectivity index (χ1) is 19.0. The van der Waals surface area contributed by atoms with E-state index in [0.717, 1.165) is 40.1 Å². The van der Waals surface area contributed by atoms with Crippen LogP contribution in [0.15, 0.2) is 76.9 Å². The number of carbonyl (C=O) groups excluding carboxylic acids is 3. The van der Waals surface area contributed by atoms with Crippen molar-refractivity contribution in [3.63, 3.8) is 0 Å². The van der Waals surface area contributed by atoms with Crippen LogP contribution in [0.1, 0.15) is 54.6 Å². The standard InChI is InChI=1S/C31H29N3O4S/c1-20-9-14-24-27(18-20)39-29(32-24)22-10-12-23(13-11-22)34-28(35)19-25(30(34)36)33(31(37)26-8-5-17-38-26)16-15-21-6-3-2-4-7-21/h5-6,8-14,17-18,25H,2-4,7,15-16,19H2,1H3. The zero-order valence-electron chi connectivity index (χ0n) is 21.8. The van der Waals surface area contributed by atoms with Crippen LogP contribution in [0.5, 0.6) is 0 Å². The van der Waals surface area contributed by atoms with E-state index >= 15 is 0 Å². The van der Waals surface area contributed by atoms with Gasteiger partial charge in [0.2, 0.25) is 5.91 Å². The lowest BCUT2D eigenvalue weighted by atomic mass is 9.97. The molecule has 1 aliphatic carbocycles. The first-order valence-corrected chi connectivity index (χ1v) is 14.2. The number of rotatable bonds is 7. The second-order valence-corrected chi connectivity index (χ2v) is 11.2. The van der Waals surface area contributed by atoms with E-state index in [4.69, 9.17) is 9.40 Å². The summed E-state index contributed by atoms with van der Waals surface area (Å²) in [5, 5.41) is 0.881. The van der Waals surface area contributed by atoms with E-state index in [9.17, 15) is 14.4 Å². The second-order valence-electron chi connectivity index (χ2n) is 10.2. The Kier molecular flexibility index (Phi) is 6.87. The number of fused-ring (bicyclic) bond motifs is 1. The molecule has 2 aromatic carbocycles. The lowest BCUT2D eigenvalue weighted by molar-refractivity contribution is -0.122. The van der Waals surface area contributed by atoms with Gasteiger partial charge in [0.1, 0.15) is 11.0 Å². The van der Waals surface area contributed by atoms with Crippen LogP contribution in [-0.4, -0.2) is 40.2 Å². The molecule has 1 fully saturated rings. The highest BCUT2D eigenvalue weighted by molar-refractivity contribution is 7.21. The van der Waals surface area contributed by atoms with Gasteiger partial charge in [-0.3, -0.25) is 14.4 Å². The molecule has 7 nitrogen and oxygen atoms in total. The van der Waals surface area contributed by atoms with Crippen molar-refractivity contribution in [2.45, 2.75) is 51.5 Å². The fourth-order valence-corrected chi connectivity index (χ4v) is 6.44. The van der Waals surface area contributed by atoms with Crippen molar-refractivity contribution >= 4 is 45.0 Å². The molecule has 1 atom stereocenters. The molecule has 0 saturated carbocycles. The van der Waals surface area contributed by atoms with Gasteiger partial charge in [0.05, 0.1) is 28.6 Å². The Morgan fingerprint density at radius 3 is 2.72 bits per heavy atom. The van der Waals surface area contributed by atoms with Crippen LogP contribution in [0.2, 0.25) is 0 Å². The molecule has 2 aliphatic rings. The Balaban J connectivity index is 1.23. The first kappa shape index (κ1) is 25.2. The van der Waals surface area contributed by atoms with Crippen molar-refractivity contribution in [1.29, 1.82) is 0 Å². The van der Waals surface area contributed by atoms with Gasteiger partial charge in [-0.2, -0.15) is 0 Å². The smallest absolute Gasteiger partial charge is 0.290 e. The van der Waals surface area contributed by atoms with E-state index in [0.29, 0.717) is 18.7 Å². The van der Waals surface area contributed by atoms with Crippen LogP contribution in [0.25, 0.3) is 20.8 Å². The maximum atomic E-state index is 13.6. The number of hydrogen-bond donors (Lipinski definition) is 0. The molecule has 4 aromatic rings. The van der Waals surface area contributed by atoms with Crippen molar-refractivity contribution in [3.05, 3.63) is 83.8 Å². The van der Waals surface area contributed by atoms with Crippen molar-refractivity contribution in [1.82, 2.24) is 9.88 Å². The summed E-state index contributed by atoms with van der Waals surface area (Å²) in [5.74, 6) is -0.907. The van der Waals surface area contributed by atoms with Crippen LogP contribution in [-0.2, 0) is 9.59 Å². The Hall–Kier alpha value is -4.04. The van der Waals surface area contributed by atoms with Crippen molar-refractivity contribution < 1.29 is 18.8 Å². The number of hydrogen-bond acceptors (Lipinski definition) is 6. The third-order valence-electron chi connectivity index (χ3n) is 7.47. The number of thiazole rings is 1. The molecule has 3 heterocycles. The number of anilines is 1. The highest BCUT2D eigenvalue weighted by Gasteiger charge is 2.44. The van der Waals surface area contributed by atoms with Gasteiger partial charge in [0.25, 0.3) is 11.8 Å². The average Bonchev–Trinajstić information content (AvgIpc) is 3.69. The lowest BCUT2D eigenvalue weighted by Gasteiger charge is -2.27. The number of carbonyl (C=O) groups is 3. The molecule has 0 radical (unpaired) electrons. The average molecular weight is 540 g/mol. The van der Waals surface area contributed by atoms with E-state index < -0.39 is 6.04 Å². The molecule has 3 amide bonds. The van der Waals surface area contributed by atoms with Crippen LogP contribution in [0.4, 0.5) is 5.69 Å². The Bertz CT molecular complexity index is 1570. The summed E-state index contributed by atoms with van der Waals surface area (Å²) in [4.78, 5) is 47.6. The van der Waals surface area contributed by atoms with Crippen LogP contribution in [0.3, 0.4) is 0 Å². The van der Waals surface area contributed by atoms with Crippen LogP contribution >= 0.6 is 11.3 Å². The second kappa shape index (κ2) is 10.6. The van der Waals surface area contributed by atoms with E-state index in [1.165, 1.54) is 33.6 Å². The number of aryl methyl sites for hydroxylation is 1. The highest BCUT2D eigenvalue weighted by Crippen LogP contribution is 2.33. The number of furan rings is 1. The minimum Gasteiger partial charge on any atom is -0.459 e. The van der Waals surface area contributed by atoms with E-state index in [2.05, 4.69) is 19.1 Å². The van der Waals surface area contributed by atoms with Gasteiger partial charge in [-0.1, -0.05) is 17.7 Å². The predicted molar refractivity (Wildman–Crippen MR) is 152 cm³/mol. The summed E-state index contributed by atoms with van der Waals surface area (Å²) < 4.78 is 6.48. The quantitative estimate of drug-likeness (QED) is 0.197. The molecule has 8 heteroatoms. The van der Waals surface area contributed by atoms with E-state index in [1.807, 2.05) is 24.3 Å². The van der Waals surface area contributed by atoms with Gasteiger partial charge in [0, 0.05) is 12.1 Å². The fraction of sp³-hybridized carbons (Fsp3) is 0.290. The molecular formula is C31H29N3O4S. The van der Waals surface area contributed by atoms with Crippen molar-refractivity contribution in [3.8, 4) is 10.6 Å². The third-order valence-corrected chi connectivity index (χ3v) is 8.53. The molecule has 1 aliphatic heterocycles. The zero-order chi connectivity index (χ0) is 26.9. The maximum absolute atomic E-state index is 13.6. The van der Waals surface area contributed by atoms with Crippen LogP contribution in [0, 0.1) is 6.92 Å². The molecule has 1 saturated heterocycles. The lowest BCUT2D eigenvalue weighted by Crippen LogP contribution is -2.46. The number of allylic oxidation sites excluding steroid dienone is 1.